The van der Waals surface area contributed by atoms with Crippen LogP contribution in [-0.2, 0) is 0 Å². The highest BCUT2D eigenvalue weighted by atomic mass is 16.3. The molecule has 0 radical (unpaired) electrons. The van der Waals surface area contributed by atoms with Gasteiger partial charge in [-0.1, -0.05) is 67.2 Å². The van der Waals surface area contributed by atoms with E-state index in [1.165, 1.54) is 64.2 Å². The Balaban J connectivity index is 1.49. The van der Waals surface area contributed by atoms with Gasteiger partial charge in [-0.05, 0) is 103 Å². The molecule has 0 amide bonds. The summed E-state index contributed by atoms with van der Waals surface area (Å²) in [7, 11) is 0. The third-order valence-corrected chi connectivity index (χ3v) is 11.6. The fourth-order valence-corrected chi connectivity index (χ4v) is 9.39. The van der Waals surface area contributed by atoms with Crippen LogP contribution in [-0.4, -0.2) is 11.2 Å². The van der Waals surface area contributed by atoms with Crippen LogP contribution in [0.2, 0.25) is 0 Å². The zero-order valence-corrected chi connectivity index (χ0v) is 20.4. The summed E-state index contributed by atoms with van der Waals surface area (Å²) in [6.07, 6.45) is 15.2. The fraction of sp³-hybridized carbons (Fsp3) is 1.00. The van der Waals surface area contributed by atoms with E-state index in [0.717, 1.165) is 47.8 Å². The van der Waals surface area contributed by atoms with E-state index in [9.17, 15) is 5.11 Å². The van der Waals surface area contributed by atoms with Crippen molar-refractivity contribution in [3.05, 3.63) is 0 Å². The molecule has 0 heterocycles. The smallest absolute Gasteiger partial charge is 0.0576 e. The van der Waals surface area contributed by atoms with Gasteiger partial charge in [-0.2, -0.15) is 0 Å². The van der Waals surface area contributed by atoms with Gasteiger partial charge >= 0.3 is 0 Å². The molecule has 168 valence electrons. The zero-order valence-electron chi connectivity index (χ0n) is 20.4. The van der Waals surface area contributed by atoms with Crippen molar-refractivity contribution in [3.8, 4) is 0 Å². The number of aliphatic hydroxyl groups excluding tert-OH is 1. The molecule has 1 heteroatoms. The molecule has 4 aliphatic carbocycles. The van der Waals surface area contributed by atoms with Gasteiger partial charge in [-0.15, -0.1) is 0 Å². The molecular formula is C28H50O. The molecule has 1 N–H and O–H groups in total. The van der Waals surface area contributed by atoms with Crippen molar-refractivity contribution < 1.29 is 5.11 Å². The Morgan fingerprint density at radius 3 is 2.24 bits per heavy atom. The minimum atomic E-state index is -0.0211. The molecule has 10 atom stereocenters. The second-order valence-corrected chi connectivity index (χ2v) is 13.0. The van der Waals surface area contributed by atoms with Crippen LogP contribution in [0.25, 0.3) is 0 Å². The van der Waals surface area contributed by atoms with E-state index in [1.54, 1.807) is 0 Å². The van der Waals surface area contributed by atoms with E-state index in [4.69, 9.17) is 0 Å². The average molecular weight is 403 g/mol. The topological polar surface area (TPSA) is 20.2 Å². The minimum absolute atomic E-state index is 0.0211. The van der Waals surface area contributed by atoms with E-state index >= 15 is 0 Å². The van der Waals surface area contributed by atoms with E-state index in [-0.39, 0.29) is 6.10 Å². The number of aliphatic hydroxyl groups is 1. The van der Waals surface area contributed by atoms with Crippen LogP contribution in [0.5, 0.6) is 0 Å². The molecule has 0 aromatic rings. The molecule has 4 aliphatic rings. The van der Waals surface area contributed by atoms with Gasteiger partial charge in [0, 0.05) is 0 Å². The summed E-state index contributed by atoms with van der Waals surface area (Å²) in [6, 6.07) is 0. The highest BCUT2D eigenvalue weighted by molar-refractivity contribution is 5.10. The van der Waals surface area contributed by atoms with Gasteiger partial charge in [0.25, 0.3) is 0 Å². The maximum atomic E-state index is 11.2. The summed E-state index contributed by atoms with van der Waals surface area (Å²) >= 11 is 0. The lowest BCUT2D eigenvalue weighted by Crippen LogP contribution is -2.57. The molecule has 0 saturated heterocycles. The van der Waals surface area contributed by atoms with Crippen LogP contribution < -0.4 is 0 Å². The summed E-state index contributed by atoms with van der Waals surface area (Å²) in [5, 5.41) is 11.2. The molecule has 4 fully saturated rings. The van der Waals surface area contributed by atoms with Crippen LogP contribution in [0.15, 0.2) is 0 Å². The fourth-order valence-electron chi connectivity index (χ4n) is 9.39. The molecular weight excluding hydrogens is 352 g/mol. The minimum Gasteiger partial charge on any atom is -0.393 e. The Morgan fingerprint density at radius 2 is 1.52 bits per heavy atom. The summed E-state index contributed by atoms with van der Waals surface area (Å²) in [6.45, 7) is 15.1. The Hall–Kier alpha value is -0.0400. The number of hydrogen-bond donors (Lipinski definition) is 1. The zero-order chi connectivity index (χ0) is 21.0. The van der Waals surface area contributed by atoms with Crippen LogP contribution in [0.3, 0.4) is 0 Å². The molecule has 2 unspecified atom stereocenters. The van der Waals surface area contributed by atoms with Crippen molar-refractivity contribution in [2.45, 2.75) is 118 Å². The summed E-state index contributed by atoms with van der Waals surface area (Å²) in [4.78, 5) is 0. The second kappa shape index (κ2) is 8.14. The predicted molar refractivity (Wildman–Crippen MR) is 124 cm³/mol. The summed E-state index contributed by atoms with van der Waals surface area (Å²) in [5.74, 6) is 6.63. The number of rotatable bonds is 5. The quantitative estimate of drug-likeness (QED) is 0.499. The maximum Gasteiger partial charge on any atom is 0.0576 e. The predicted octanol–water partition coefficient (Wildman–Crippen LogP) is 7.71. The lowest BCUT2D eigenvalue weighted by molar-refractivity contribution is -0.159. The van der Waals surface area contributed by atoms with Crippen LogP contribution >= 0.6 is 0 Å². The van der Waals surface area contributed by atoms with E-state index in [1.807, 2.05) is 0 Å². The Labute approximate surface area is 181 Å². The van der Waals surface area contributed by atoms with E-state index in [2.05, 4.69) is 41.5 Å². The largest absolute Gasteiger partial charge is 0.393 e. The Morgan fingerprint density at radius 1 is 0.793 bits per heavy atom. The normalized spacial score (nSPS) is 49.2. The second-order valence-electron chi connectivity index (χ2n) is 13.0. The summed E-state index contributed by atoms with van der Waals surface area (Å²) in [5.41, 5.74) is 0.970. The molecule has 1 nitrogen and oxygen atoms in total. The summed E-state index contributed by atoms with van der Waals surface area (Å²) < 4.78 is 0. The van der Waals surface area contributed by atoms with Crippen molar-refractivity contribution >= 4 is 0 Å². The van der Waals surface area contributed by atoms with E-state index in [0.29, 0.717) is 16.7 Å². The first kappa shape index (κ1) is 22.2. The van der Waals surface area contributed by atoms with Crippen molar-refractivity contribution in [2.24, 2.45) is 58.2 Å². The highest BCUT2D eigenvalue weighted by Crippen LogP contribution is 2.68. The molecule has 0 spiro atoms. The highest BCUT2D eigenvalue weighted by Gasteiger charge is 2.61. The van der Waals surface area contributed by atoms with Gasteiger partial charge in [0.1, 0.15) is 0 Å². The molecule has 0 aliphatic heterocycles. The lowest BCUT2D eigenvalue weighted by atomic mass is 9.44. The van der Waals surface area contributed by atoms with Crippen molar-refractivity contribution in [1.82, 2.24) is 0 Å². The standard InChI is InChI=1S/C28H50O/c1-18(2)19(3)10-11-20(4)22-12-13-23-21-17-26(29)25-9-7-8-15-27(25,5)24(21)14-16-28(22,23)6/h18-26,29H,7-17H2,1-6H3/t19-,20-,21+,22-,23+,24+,25?,26?,27-,28-/m1/s1. The first-order valence-corrected chi connectivity index (χ1v) is 13.4. The molecule has 4 rings (SSSR count). The van der Waals surface area contributed by atoms with Crippen molar-refractivity contribution in [3.63, 3.8) is 0 Å². The first-order valence-electron chi connectivity index (χ1n) is 13.4. The molecule has 29 heavy (non-hydrogen) atoms. The van der Waals surface area contributed by atoms with Crippen LogP contribution in [0, 0.1) is 58.2 Å². The Bertz CT molecular complexity index is 569. The Kier molecular flexibility index (Phi) is 6.22. The first-order chi connectivity index (χ1) is 13.7. The lowest BCUT2D eigenvalue weighted by Gasteiger charge is -2.62. The van der Waals surface area contributed by atoms with Gasteiger partial charge in [0.05, 0.1) is 6.10 Å². The van der Waals surface area contributed by atoms with Gasteiger partial charge in [-0.25, -0.2) is 0 Å². The van der Waals surface area contributed by atoms with Crippen molar-refractivity contribution in [1.29, 1.82) is 0 Å². The molecule has 0 bridgehead atoms. The number of fused-ring (bicyclic) bond motifs is 5. The SMILES string of the molecule is CC(C)[C@H](C)CC[C@@H](C)[C@H]1CC[C@H]2[C@@H]3CC(O)C4CCCC[C@]4(C)[C@H]3CC[C@]12C. The maximum absolute atomic E-state index is 11.2. The van der Waals surface area contributed by atoms with Crippen LogP contribution in [0.4, 0.5) is 0 Å². The third-order valence-electron chi connectivity index (χ3n) is 11.6. The van der Waals surface area contributed by atoms with E-state index < -0.39 is 0 Å². The van der Waals surface area contributed by atoms with Gasteiger partial charge < -0.3 is 5.11 Å². The average Bonchev–Trinajstić information content (AvgIpc) is 3.03. The monoisotopic (exact) mass is 402 g/mol. The van der Waals surface area contributed by atoms with Gasteiger partial charge in [0.15, 0.2) is 0 Å². The third kappa shape index (κ3) is 3.64. The number of hydrogen-bond acceptors (Lipinski definition) is 1. The van der Waals surface area contributed by atoms with Crippen LogP contribution in [0.1, 0.15) is 112 Å². The van der Waals surface area contributed by atoms with Crippen molar-refractivity contribution in [2.75, 3.05) is 0 Å². The molecule has 0 aromatic heterocycles. The van der Waals surface area contributed by atoms with Gasteiger partial charge in [-0.3, -0.25) is 0 Å². The van der Waals surface area contributed by atoms with Gasteiger partial charge in [0.2, 0.25) is 0 Å². The molecule has 0 aromatic carbocycles. The molecule has 4 saturated carbocycles.